The van der Waals surface area contributed by atoms with Gasteiger partial charge in [0, 0.05) is 20.3 Å². The Kier molecular flexibility index (Phi) is 11.3. The van der Waals surface area contributed by atoms with Gasteiger partial charge in [-0.2, -0.15) is 0 Å². The van der Waals surface area contributed by atoms with E-state index in [1.165, 1.54) is 13.8 Å². The van der Waals surface area contributed by atoms with E-state index in [9.17, 15) is 29.7 Å². The quantitative estimate of drug-likeness (QED) is 0.240. The Hall–Kier alpha value is -1.85. The summed E-state index contributed by atoms with van der Waals surface area (Å²) in [6.07, 6.45) is 6.34. The number of carbonyl (C=O) groups excluding carboxylic acids is 3. The highest BCUT2D eigenvalue weighted by Crippen LogP contribution is 2.68. The third-order valence-electron chi connectivity index (χ3n) is 13.2. The normalized spacial score (nSPS) is 42.7. The fourth-order valence-electron chi connectivity index (χ4n) is 10.7. The Bertz CT molecular complexity index is 1190. The van der Waals surface area contributed by atoms with E-state index in [-0.39, 0.29) is 40.5 Å². The average molecular weight is 662 g/mol. The van der Waals surface area contributed by atoms with Crippen molar-refractivity contribution >= 4 is 17.7 Å². The van der Waals surface area contributed by atoms with Crippen LogP contribution in [-0.2, 0) is 28.6 Å². The molecule has 4 aliphatic carbocycles. The molecule has 10 nitrogen and oxygen atoms in total. The molecule has 3 saturated carbocycles. The van der Waals surface area contributed by atoms with Gasteiger partial charge in [0.2, 0.25) is 5.91 Å². The van der Waals surface area contributed by atoms with E-state index >= 15 is 0 Å². The van der Waals surface area contributed by atoms with Crippen molar-refractivity contribution in [2.75, 3.05) is 13.2 Å². The number of esters is 1. The summed E-state index contributed by atoms with van der Waals surface area (Å²) in [5.74, 6) is 1.93. The van der Waals surface area contributed by atoms with Crippen molar-refractivity contribution in [3.8, 4) is 0 Å². The van der Waals surface area contributed by atoms with Gasteiger partial charge >= 0.3 is 5.97 Å². The number of hydrogen-bond donors (Lipinski definition) is 4. The molecule has 0 aromatic carbocycles. The van der Waals surface area contributed by atoms with Crippen LogP contribution in [0.3, 0.4) is 0 Å². The molecule has 14 atom stereocenters. The highest BCUT2D eigenvalue weighted by atomic mass is 16.7. The van der Waals surface area contributed by atoms with E-state index in [1.54, 1.807) is 0 Å². The maximum Gasteiger partial charge on any atom is 0.302 e. The van der Waals surface area contributed by atoms with E-state index in [0.29, 0.717) is 49.0 Å². The third kappa shape index (κ3) is 7.23. The van der Waals surface area contributed by atoms with Crippen molar-refractivity contribution in [3.63, 3.8) is 0 Å². The number of ketones is 1. The molecule has 1 aliphatic heterocycles. The smallest absolute Gasteiger partial charge is 0.302 e. The first-order chi connectivity index (χ1) is 22.2. The van der Waals surface area contributed by atoms with Gasteiger partial charge in [0.25, 0.3) is 0 Å². The van der Waals surface area contributed by atoms with Crippen molar-refractivity contribution in [1.29, 1.82) is 0 Å². The molecule has 0 spiro atoms. The summed E-state index contributed by atoms with van der Waals surface area (Å²) in [5, 5.41) is 34.3. The van der Waals surface area contributed by atoms with Crippen LogP contribution in [0.5, 0.6) is 0 Å². The molecule has 4 fully saturated rings. The number of fused-ring (bicyclic) bond motifs is 5. The van der Waals surface area contributed by atoms with Gasteiger partial charge in [0.05, 0.1) is 19.3 Å². The Morgan fingerprint density at radius 1 is 1.06 bits per heavy atom. The van der Waals surface area contributed by atoms with Crippen LogP contribution in [0.1, 0.15) is 106 Å². The average Bonchev–Trinajstić information content (AvgIpc) is 3.37. The molecule has 0 bridgehead atoms. The third-order valence-corrected chi connectivity index (χ3v) is 13.2. The lowest BCUT2D eigenvalue weighted by molar-refractivity contribution is -0.296. The molecule has 10 heteroatoms. The van der Waals surface area contributed by atoms with Gasteiger partial charge in [-0.15, -0.1) is 0 Å². The van der Waals surface area contributed by atoms with Crippen LogP contribution >= 0.6 is 0 Å². The minimum absolute atomic E-state index is 0.0879. The summed E-state index contributed by atoms with van der Waals surface area (Å²) in [4.78, 5) is 36.1. The standard InChI is InChI=1S/C37H59NO9/c1-20(19-45-23(4)41)8-7-9-21(2)26-10-11-27-31-28(13-15-37(26,27)6)36(5)14-12-25(42)16-24(36)17-29(31)46-35-32(38-22(3)40)34(44)33(43)30(18-39)47-35/h16,20-21,26-35,39,43-44H,7-15,17-19H2,1-6H3,(H,38,40)/t20-,21-,26-,27-,28-,29-,30-,31-,32-,33-,34-,35-,36+,37-/m1/s1. The second-order valence-corrected chi connectivity index (χ2v) is 16.2. The van der Waals surface area contributed by atoms with Crippen LogP contribution in [0.2, 0.25) is 0 Å². The first-order valence-corrected chi connectivity index (χ1v) is 18.1. The van der Waals surface area contributed by atoms with Gasteiger partial charge in [0.1, 0.15) is 24.4 Å². The molecular weight excluding hydrogens is 602 g/mol. The van der Waals surface area contributed by atoms with Crippen molar-refractivity contribution in [2.24, 2.45) is 46.3 Å². The zero-order valence-corrected chi connectivity index (χ0v) is 29.3. The zero-order valence-electron chi connectivity index (χ0n) is 29.3. The molecule has 266 valence electrons. The van der Waals surface area contributed by atoms with Crippen molar-refractivity contribution in [2.45, 2.75) is 142 Å². The maximum atomic E-state index is 12.7. The summed E-state index contributed by atoms with van der Waals surface area (Å²) in [5.41, 5.74) is 1.16. The summed E-state index contributed by atoms with van der Waals surface area (Å²) >= 11 is 0. The van der Waals surface area contributed by atoms with E-state index in [4.69, 9.17) is 14.2 Å². The molecule has 1 heterocycles. The lowest BCUT2D eigenvalue weighted by atomic mass is 9.45. The van der Waals surface area contributed by atoms with Crippen LogP contribution in [-0.4, -0.2) is 82.9 Å². The maximum absolute atomic E-state index is 12.7. The molecule has 0 aromatic rings. The van der Waals surface area contributed by atoms with Crippen LogP contribution < -0.4 is 5.32 Å². The van der Waals surface area contributed by atoms with Gasteiger partial charge in [-0.1, -0.05) is 46.1 Å². The van der Waals surface area contributed by atoms with Gasteiger partial charge in [-0.3, -0.25) is 14.4 Å². The monoisotopic (exact) mass is 661 g/mol. The molecule has 1 saturated heterocycles. The van der Waals surface area contributed by atoms with Gasteiger partial charge in [0.15, 0.2) is 12.1 Å². The van der Waals surface area contributed by atoms with Crippen LogP contribution in [0.25, 0.3) is 0 Å². The fraction of sp³-hybridized carbons (Fsp3) is 0.865. The number of hydrogen-bond acceptors (Lipinski definition) is 9. The summed E-state index contributed by atoms with van der Waals surface area (Å²) < 4.78 is 18.2. The van der Waals surface area contributed by atoms with Gasteiger partial charge in [-0.25, -0.2) is 0 Å². The van der Waals surface area contributed by atoms with Crippen LogP contribution in [0.4, 0.5) is 0 Å². The molecular formula is C37H59NO9. The summed E-state index contributed by atoms with van der Waals surface area (Å²) in [7, 11) is 0. The van der Waals surface area contributed by atoms with Crippen molar-refractivity contribution < 1.29 is 43.9 Å². The minimum atomic E-state index is -1.38. The Balaban J connectivity index is 1.39. The minimum Gasteiger partial charge on any atom is -0.466 e. The lowest BCUT2D eigenvalue weighted by Crippen LogP contribution is -2.66. The first kappa shape index (κ1) is 36.4. The van der Waals surface area contributed by atoms with E-state index in [1.807, 2.05) is 6.08 Å². The molecule has 5 rings (SSSR count). The Morgan fingerprint density at radius 3 is 2.49 bits per heavy atom. The van der Waals surface area contributed by atoms with Gasteiger partial charge < -0.3 is 34.8 Å². The summed E-state index contributed by atoms with van der Waals surface area (Å²) in [6, 6.07) is -1.01. The first-order valence-electron chi connectivity index (χ1n) is 18.1. The zero-order chi connectivity index (χ0) is 34.3. The van der Waals surface area contributed by atoms with Crippen molar-refractivity contribution in [1.82, 2.24) is 5.32 Å². The predicted octanol–water partition coefficient (Wildman–Crippen LogP) is 4.08. The number of rotatable bonds is 11. The fourth-order valence-corrected chi connectivity index (χ4v) is 10.7. The number of carbonyl (C=O) groups is 3. The second-order valence-electron chi connectivity index (χ2n) is 16.2. The van der Waals surface area contributed by atoms with E-state index in [0.717, 1.165) is 56.9 Å². The molecule has 0 aromatic heterocycles. The molecule has 47 heavy (non-hydrogen) atoms. The van der Waals surface area contributed by atoms with Crippen LogP contribution in [0, 0.1) is 46.3 Å². The predicted molar refractivity (Wildman–Crippen MR) is 175 cm³/mol. The molecule has 4 N–H and O–H groups in total. The van der Waals surface area contributed by atoms with Crippen molar-refractivity contribution in [3.05, 3.63) is 11.6 Å². The second kappa shape index (κ2) is 14.6. The van der Waals surface area contributed by atoms with E-state index < -0.39 is 37.3 Å². The summed E-state index contributed by atoms with van der Waals surface area (Å²) in [6.45, 7) is 12.1. The number of aliphatic hydroxyl groups is 3. The molecule has 0 unspecified atom stereocenters. The number of amides is 1. The molecule has 0 radical (unpaired) electrons. The van der Waals surface area contributed by atoms with Crippen LogP contribution in [0.15, 0.2) is 11.6 Å². The highest BCUT2D eigenvalue weighted by molar-refractivity contribution is 5.91. The van der Waals surface area contributed by atoms with E-state index in [2.05, 4.69) is 33.0 Å². The Labute approximate surface area is 280 Å². The number of ether oxygens (including phenoxy) is 3. The largest absolute Gasteiger partial charge is 0.466 e. The SMILES string of the molecule is CC(=O)N[C@H]1[C@H](O[C@@H]2CC3=CC(=O)CC[C@]3(C)[C@@H]3CC[C@@]4(C)[C@H](CC[C@@H]4[C@H](C)CCC[C@@H](C)COC(C)=O)[C@H]32)O[C@H](CO)[C@@H](O)[C@@H]1O. The lowest BCUT2D eigenvalue weighted by Gasteiger charge is -2.61. The van der Waals surface area contributed by atoms with Gasteiger partial charge in [-0.05, 0) is 97.4 Å². The molecule has 5 aliphatic rings. The topological polar surface area (TPSA) is 152 Å². The number of aliphatic hydroxyl groups excluding tert-OH is 3. The number of nitrogens with one attached hydrogen (secondary N) is 1. The highest BCUT2D eigenvalue weighted by Gasteiger charge is 2.63. The Morgan fingerprint density at radius 2 is 1.81 bits per heavy atom. The molecule has 1 amide bonds.